The summed E-state index contributed by atoms with van der Waals surface area (Å²) in [6.07, 6.45) is 0.869. The van der Waals surface area contributed by atoms with Crippen LogP contribution in [-0.2, 0) is 19.7 Å². The Morgan fingerprint density at radius 2 is 2.26 bits per heavy atom. The third kappa shape index (κ3) is 3.23. The summed E-state index contributed by atoms with van der Waals surface area (Å²) >= 11 is 0. The molecule has 2 saturated heterocycles. The van der Waals surface area contributed by atoms with Crippen LogP contribution in [0.3, 0.4) is 0 Å². The molecule has 2 aromatic rings. The molecule has 9 nitrogen and oxygen atoms in total. The van der Waals surface area contributed by atoms with E-state index < -0.39 is 39.9 Å². The Morgan fingerprint density at radius 3 is 2.93 bits per heavy atom. The number of hydrogen-bond acceptors (Lipinski definition) is 7. The molecule has 27 heavy (non-hydrogen) atoms. The second-order valence-electron chi connectivity index (χ2n) is 6.36. The van der Waals surface area contributed by atoms with Gasteiger partial charge in [0, 0.05) is 24.0 Å². The number of phenolic OH excluding ortho intramolecular Hbond substituents is 1. The van der Waals surface area contributed by atoms with Crippen molar-refractivity contribution in [1.82, 2.24) is 9.71 Å². The van der Waals surface area contributed by atoms with Crippen LogP contribution in [0.4, 0.5) is 10.1 Å². The highest BCUT2D eigenvalue weighted by atomic mass is 32.2. The molecule has 4 rings (SSSR count). The van der Waals surface area contributed by atoms with Crippen molar-refractivity contribution >= 4 is 32.7 Å². The number of aromatic hydroxyl groups is 1. The van der Waals surface area contributed by atoms with Gasteiger partial charge >= 0.3 is 10.2 Å². The zero-order chi connectivity index (χ0) is 19.2. The number of rotatable bonds is 4. The number of benzene rings is 1. The molecule has 0 saturated carbocycles. The van der Waals surface area contributed by atoms with Crippen molar-refractivity contribution < 1.29 is 32.2 Å². The first kappa shape index (κ1) is 17.7. The van der Waals surface area contributed by atoms with Crippen molar-refractivity contribution in [3.8, 4) is 11.6 Å². The number of phenols is 1. The van der Waals surface area contributed by atoms with Crippen molar-refractivity contribution in [3.63, 3.8) is 0 Å². The molecule has 2 aliphatic rings. The maximum atomic E-state index is 15.0. The predicted molar refractivity (Wildman–Crippen MR) is 92.2 cm³/mol. The van der Waals surface area contributed by atoms with Crippen LogP contribution >= 0.6 is 0 Å². The number of halogens is 1. The molecule has 0 radical (unpaired) electrons. The lowest BCUT2D eigenvalue weighted by Gasteiger charge is -2.18. The van der Waals surface area contributed by atoms with Gasteiger partial charge in [-0.3, -0.25) is 4.79 Å². The number of pyridine rings is 1. The molecule has 0 bridgehead atoms. The second kappa shape index (κ2) is 6.50. The minimum Gasteiger partial charge on any atom is -0.506 e. The van der Waals surface area contributed by atoms with Gasteiger partial charge in [-0.25, -0.2) is 18.4 Å². The highest BCUT2D eigenvalue weighted by molar-refractivity contribution is 7.92. The average molecular weight is 397 g/mol. The van der Waals surface area contributed by atoms with Gasteiger partial charge in [0.2, 0.25) is 5.88 Å². The van der Waals surface area contributed by atoms with Crippen LogP contribution in [0.2, 0.25) is 0 Å². The number of ether oxygens (including phenoxy) is 2. The van der Waals surface area contributed by atoms with Crippen LogP contribution in [-0.4, -0.2) is 50.8 Å². The molecule has 144 valence electrons. The van der Waals surface area contributed by atoms with Gasteiger partial charge in [-0.2, -0.15) is 8.42 Å². The third-order valence-corrected chi connectivity index (χ3v) is 5.79. The molecule has 2 fully saturated rings. The number of aromatic nitrogens is 1. The minimum atomic E-state index is -4.27. The molecule has 0 spiro atoms. The minimum absolute atomic E-state index is 0.169. The van der Waals surface area contributed by atoms with E-state index >= 15 is 4.39 Å². The largest absolute Gasteiger partial charge is 0.506 e. The van der Waals surface area contributed by atoms with E-state index in [0.717, 1.165) is 6.42 Å². The molecular weight excluding hydrogens is 381 g/mol. The van der Waals surface area contributed by atoms with E-state index in [-0.39, 0.29) is 22.7 Å². The van der Waals surface area contributed by atoms with Gasteiger partial charge < -0.3 is 14.6 Å². The first-order valence-electron chi connectivity index (χ1n) is 8.21. The zero-order valence-electron chi connectivity index (χ0n) is 14.0. The number of carbonyl (C=O) groups is 1. The lowest BCUT2D eigenvalue weighted by Crippen LogP contribution is -2.30. The SMILES string of the molecule is O=C1CN(c2c(O)cc3ccc(OCC4CCOC4)nc3c2F)S(=O)(=O)N1. The standard InChI is InChI=1S/C16H16FN3O6S/c17-14-15-10(1-2-13(18-15)26-8-9-3-4-25-7-9)5-11(21)16(14)20-6-12(22)19-27(20,23)24/h1-2,5,9,21H,3-4,6-8H2,(H,19,22). The Labute approximate surface area is 153 Å². The van der Waals surface area contributed by atoms with Crippen molar-refractivity contribution in [2.75, 3.05) is 30.7 Å². The summed E-state index contributed by atoms with van der Waals surface area (Å²) in [5, 5.41) is 10.4. The number of anilines is 1. The van der Waals surface area contributed by atoms with Crippen molar-refractivity contribution in [2.24, 2.45) is 5.92 Å². The van der Waals surface area contributed by atoms with E-state index in [1.165, 1.54) is 18.2 Å². The summed E-state index contributed by atoms with van der Waals surface area (Å²) < 4.78 is 52.1. The van der Waals surface area contributed by atoms with Gasteiger partial charge in [-0.15, -0.1) is 0 Å². The fourth-order valence-electron chi connectivity index (χ4n) is 3.07. The maximum absolute atomic E-state index is 15.0. The molecule has 1 aromatic heterocycles. The summed E-state index contributed by atoms with van der Waals surface area (Å²) in [6, 6.07) is 4.24. The summed E-state index contributed by atoms with van der Waals surface area (Å²) in [4.78, 5) is 15.5. The van der Waals surface area contributed by atoms with Crippen LogP contribution in [0.25, 0.3) is 10.9 Å². The van der Waals surface area contributed by atoms with Gasteiger partial charge in [-0.1, -0.05) is 0 Å². The van der Waals surface area contributed by atoms with Crippen LogP contribution in [0.15, 0.2) is 18.2 Å². The maximum Gasteiger partial charge on any atom is 0.326 e. The van der Waals surface area contributed by atoms with Crippen LogP contribution < -0.4 is 13.8 Å². The summed E-state index contributed by atoms with van der Waals surface area (Å²) in [7, 11) is -4.27. The van der Waals surface area contributed by atoms with E-state index in [4.69, 9.17) is 9.47 Å². The summed E-state index contributed by atoms with van der Waals surface area (Å²) in [6.45, 7) is 1.00. The Balaban J connectivity index is 1.71. The van der Waals surface area contributed by atoms with Gasteiger partial charge in [0.25, 0.3) is 5.91 Å². The Morgan fingerprint density at radius 1 is 1.44 bits per heavy atom. The molecule has 1 aromatic carbocycles. The number of nitrogens with zero attached hydrogens (tertiary/aromatic N) is 2. The van der Waals surface area contributed by atoms with Crippen molar-refractivity contribution in [3.05, 3.63) is 24.0 Å². The van der Waals surface area contributed by atoms with Gasteiger partial charge in [0.15, 0.2) is 5.82 Å². The summed E-state index contributed by atoms with van der Waals surface area (Å²) in [5.74, 6) is -2.09. The molecule has 2 aliphatic heterocycles. The van der Waals surface area contributed by atoms with Crippen LogP contribution in [0.5, 0.6) is 11.6 Å². The van der Waals surface area contributed by atoms with E-state index in [2.05, 4.69) is 4.98 Å². The molecule has 11 heteroatoms. The third-order valence-electron chi connectivity index (χ3n) is 4.41. The molecule has 0 aliphatic carbocycles. The first-order valence-corrected chi connectivity index (χ1v) is 9.65. The number of fused-ring (bicyclic) bond motifs is 1. The van der Waals surface area contributed by atoms with E-state index in [1.54, 1.807) is 4.72 Å². The monoisotopic (exact) mass is 397 g/mol. The predicted octanol–water partition coefficient (Wildman–Crippen LogP) is 0.676. The fraction of sp³-hybridized carbons (Fsp3) is 0.375. The quantitative estimate of drug-likeness (QED) is 0.779. The molecule has 1 amide bonds. The Kier molecular flexibility index (Phi) is 4.27. The van der Waals surface area contributed by atoms with Crippen molar-refractivity contribution in [2.45, 2.75) is 6.42 Å². The average Bonchev–Trinajstić information content (AvgIpc) is 3.21. The molecule has 1 unspecified atom stereocenters. The fourth-order valence-corrected chi connectivity index (χ4v) is 4.23. The van der Waals surface area contributed by atoms with E-state index in [0.29, 0.717) is 24.1 Å². The van der Waals surface area contributed by atoms with Gasteiger partial charge in [-0.05, 0) is 18.6 Å². The van der Waals surface area contributed by atoms with Crippen LogP contribution in [0.1, 0.15) is 6.42 Å². The number of carbonyl (C=O) groups excluding carboxylic acids is 1. The smallest absolute Gasteiger partial charge is 0.326 e. The second-order valence-corrected chi connectivity index (χ2v) is 7.95. The number of amides is 1. The molecule has 3 heterocycles. The van der Waals surface area contributed by atoms with Crippen LogP contribution in [0, 0.1) is 11.7 Å². The topological polar surface area (TPSA) is 118 Å². The molecular formula is C16H16FN3O6S. The lowest BCUT2D eigenvalue weighted by molar-refractivity contribution is -0.117. The van der Waals surface area contributed by atoms with E-state index in [9.17, 15) is 18.3 Å². The van der Waals surface area contributed by atoms with Gasteiger partial charge in [0.05, 0.1) is 13.2 Å². The zero-order valence-corrected chi connectivity index (χ0v) is 14.8. The van der Waals surface area contributed by atoms with E-state index in [1.807, 2.05) is 0 Å². The molecule has 2 N–H and O–H groups in total. The highest BCUT2D eigenvalue weighted by Gasteiger charge is 2.38. The molecule has 1 atom stereocenters. The summed E-state index contributed by atoms with van der Waals surface area (Å²) in [5.41, 5.74) is -0.799. The number of nitrogens with one attached hydrogen (secondary N) is 1. The van der Waals surface area contributed by atoms with Crippen molar-refractivity contribution in [1.29, 1.82) is 0 Å². The Hall–Kier alpha value is -2.66. The Bertz CT molecular complexity index is 1020. The van der Waals surface area contributed by atoms with Gasteiger partial charge in [0.1, 0.15) is 23.5 Å². The first-order chi connectivity index (χ1) is 12.8. The normalized spacial score (nSPS) is 21.6. The highest BCUT2D eigenvalue weighted by Crippen LogP contribution is 2.38. The lowest BCUT2D eigenvalue weighted by atomic mass is 10.1. The number of hydrogen-bond donors (Lipinski definition) is 2.